The summed E-state index contributed by atoms with van der Waals surface area (Å²) in [6, 6.07) is 20.8. The first-order chi connectivity index (χ1) is 17.7. The number of ether oxygens (including phenoxy) is 1. The van der Waals surface area contributed by atoms with Gasteiger partial charge in [0.25, 0.3) is 0 Å². The largest absolute Gasteiger partial charge is 0.506 e. The predicted octanol–water partition coefficient (Wildman–Crippen LogP) is 6.81. The van der Waals surface area contributed by atoms with Gasteiger partial charge in [0.15, 0.2) is 5.11 Å². The fourth-order valence-electron chi connectivity index (χ4n) is 5.04. The number of hydrogen-bond acceptors (Lipinski definition) is 4. The van der Waals surface area contributed by atoms with Crippen molar-refractivity contribution in [3.8, 4) is 17.2 Å². The van der Waals surface area contributed by atoms with E-state index in [4.69, 9.17) is 28.6 Å². The van der Waals surface area contributed by atoms with Gasteiger partial charge in [0.05, 0.1) is 29.6 Å². The summed E-state index contributed by atoms with van der Waals surface area (Å²) < 4.78 is 7.89. The van der Waals surface area contributed by atoms with Crippen LogP contribution in [0.4, 0.5) is 5.69 Å². The average molecular weight is 533 g/mol. The molecular weight excluding hydrogens is 504 g/mol. The standard InChI is InChI=1S/C29H29ClN4O2S/c1-17(2)36-22-11-9-21(10-12-22)34-28(27(32-29(34)37)24-7-5-6-14-31-24)23-15-18(3)33(19(23)4)25-16-20(30)8-13-26(25)35/h5-17,27-28,35H,1-4H3,(H,32,37)/t27-,28-/m0/s1. The number of nitrogens with zero attached hydrogens (tertiary/aromatic N) is 3. The molecule has 1 aliphatic heterocycles. The molecule has 0 aliphatic carbocycles. The van der Waals surface area contributed by atoms with Gasteiger partial charge in [-0.15, -0.1) is 0 Å². The number of rotatable bonds is 6. The summed E-state index contributed by atoms with van der Waals surface area (Å²) >= 11 is 12.2. The first-order valence-electron chi connectivity index (χ1n) is 12.2. The third-order valence-corrected chi connectivity index (χ3v) is 7.10. The Bertz CT molecular complexity index is 1440. The second-order valence-electron chi connectivity index (χ2n) is 9.45. The highest BCUT2D eigenvalue weighted by Gasteiger charge is 2.42. The monoisotopic (exact) mass is 532 g/mol. The number of pyridine rings is 1. The Labute approximate surface area is 227 Å². The van der Waals surface area contributed by atoms with Crippen LogP contribution in [0.3, 0.4) is 0 Å². The zero-order valence-corrected chi connectivity index (χ0v) is 22.7. The van der Waals surface area contributed by atoms with Gasteiger partial charge >= 0.3 is 0 Å². The van der Waals surface area contributed by atoms with E-state index in [0.717, 1.165) is 34.1 Å². The Morgan fingerprint density at radius 3 is 2.49 bits per heavy atom. The molecule has 8 heteroatoms. The van der Waals surface area contributed by atoms with Crippen LogP contribution in [0, 0.1) is 13.8 Å². The molecule has 0 saturated carbocycles. The summed E-state index contributed by atoms with van der Waals surface area (Å²) in [5, 5.41) is 15.3. The van der Waals surface area contributed by atoms with Crippen LogP contribution in [0.25, 0.3) is 5.69 Å². The van der Waals surface area contributed by atoms with Crippen LogP contribution in [0.15, 0.2) is 72.9 Å². The fraction of sp³-hybridized carbons (Fsp3) is 0.241. The van der Waals surface area contributed by atoms with Crippen molar-refractivity contribution >= 4 is 34.6 Å². The number of aromatic nitrogens is 2. The molecule has 3 heterocycles. The van der Waals surface area contributed by atoms with Gasteiger partial charge in [-0.1, -0.05) is 17.7 Å². The molecule has 1 fully saturated rings. The lowest BCUT2D eigenvalue weighted by atomic mass is 9.96. The van der Waals surface area contributed by atoms with Gasteiger partial charge in [0.2, 0.25) is 0 Å². The third-order valence-electron chi connectivity index (χ3n) is 6.55. The van der Waals surface area contributed by atoms with E-state index in [9.17, 15) is 5.11 Å². The molecule has 1 saturated heterocycles. The molecule has 2 aromatic heterocycles. The molecule has 37 heavy (non-hydrogen) atoms. The molecule has 190 valence electrons. The fourth-order valence-corrected chi connectivity index (χ4v) is 5.55. The molecule has 0 radical (unpaired) electrons. The average Bonchev–Trinajstić information content (AvgIpc) is 3.36. The maximum Gasteiger partial charge on any atom is 0.174 e. The highest BCUT2D eigenvalue weighted by atomic mass is 35.5. The minimum absolute atomic E-state index is 0.0926. The van der Waals surface area contributed by atoms with Crippen LogP contribution in [0.1, 0.15) is 48.6 Å². The number of aryl methyl sites for hydroxylation is 1. The van der Waals surface area contributed by atoms with Gasteiger partial charge in [-0.3, -0.25) is 4.98 Å². The van der Waals surface area contributed by atoms with E-state index in [-0.39, 0.29) is 23.9 Å². The number of nitrogens with one attached hydrogen (secondary N) is 1. The van der Waals surface area contributed by atoms with Crippen molar-refractivity contribution in [2.75, 3.05) is 4.90 Å². The van der Waals surface area contributed by atoms with Crippen molar-refractivity contribution in [2.24, 2.45) is 0 Å². The molecule has 1 aliphatic rings. The number of aromatic hydroxyl groups is 1. The van der Waals surface area contributed by atoms with Gasteiger partial charge in [0.1, 0.15) is 11.5 Å². The zero-order valence-electron chi connectivity index (χ0n) is 21.1. The molecule has 2 aromatic carbocycles. The summed E-state index contributed by atoms with van der Waals surface area (Å²) in [5.41, 5.74) is 5.52. The minimum atomic E-state index is -0.180. The first-order valence-corrected chi connectivity index (χ1v) is 13.0. The Morgan fingerprint density at radius 2 is 1.81 bits per heavy atom. The number of anilines is 1. The number of halogens is 1. The molecule has 2 atom stereocenters. The lowest BCUT2D eigenvalue weighted by Gasteiger charge is -2.28. The lowest BCUT2D eigenvalue weighted by molar-refractivity contribution is 0.242. The Balaban J connectivity index is 1.64. The van der Waals surface area contributed by atoms with Crippen molar-refractivity contribution in [3.05, 3.63) is 101 Å². The smallest absolute Gasteiger partial charge is 0.174 e. The third kappa shape index (κ3) is 4.77. The molecule has 0 spiro atoms. The van der Waals surface area contributed by atoms with Gasteiger partial charge in [-0.25, -0.2) is 0 Å². The van der Waals surface area contributed by atoms with Crippen LogP contribution >= 0.6 is 23.8 Å². The van der Waals surface area contributed by atoms with E-state index < -0.39 is 0 Å². The number of phenolic OH excluding ortho intramolecular Hbond substituents is 1. The number of benzene rings is 2. The maximum atomic E-state index is 10.7. The predicted molar refractivity (Wildman–Crippen MR) is 152 cm³/mol. The van der Waals surface area contributed by atoms with E-state index in [0.29, 0.717) is 15.8 Å². The molecule has 5 rings (SSSR count). The quantitative estimate of drug-likeness (QED) is 0.266. The number of hydrogen-bond donors (Lipinski definition) is 2. The van der Waals surface area contributed by atoms with Gasteiger partial charge in [-0.05, 0) is 106 Å². The van der Waals surface area contributed by atoms with Gasteiger partial charge in [-0.2, -0.15) is 0 Å². The number of phenols is 1. The van der Waals surface area contributed by atoms with Crippen LogP contribution < -0.4 is 15.0 Å². The van der Waals surface area contributed by atoms with Crippen LogP contribution in [0.2, 0.25) is 5.02 Å². The van der Waals surface area contributed by atoms with E-state index >= 15 is 0 Å². The SMILES string of the molecule is Cc1cc([C@H]2[C@H](c3ccccn3)NC(=S)N2c2ccc(OC(C)C)cc2)c(C)n1-c1cc(Cl)ccc1O. The van der Waals surface area contributed by atoms with E-state index in [2.05, 4.69) is 28.2 Å². The Hall–Kier alpha value is -3.55. The van der Waals surface area contributed by atoms with Crippen LogP contribution in [-0.4, -0.2) is 25.9 Å². The van der Waals surface area contributed by atoms with Gasteiger partial charge in [0, 0.05) is 28.3 Å². The maximum absolute atomic E-state index is 10.7. The van der Waals surface area contributed by atoms with Crippen molar-refractivity contribution in [2.45, 2.75) is 45.9 Å². The van der Waals surface area contributed by atoms with Crippen LogP contribution in [-0.2, 0) is 0 Å². The van der Waals surface area contributed by atoms with E-state index in [1.54, 1.807) is 24.4 Å². The van der Waals surface area contributed by atoms with Crippen LogP contribution in [0.5, 0.6) is 11.5 Å². The van der Waals surface area contributed by atoms with Crippen molar-refractivity contribution in [1.82, 2.24) is 14.9 Å². The lowest BCUT2D eigenvalue weighted by Crippen LogP contribution is -2.29. The van der Waals surface area contributed by atoms with E-state index in [1.807, 2.05) is 67.8 Å². The summed E-state index contributed by atoms with van der Waals surface area (Å²) in [5.74, 6) is 0.973. The molecule has 6 nitrogen and oxygen atoms in total. The van der Waals surface area contributed by atoms with Gasteiger partial charge < -0.3 is 24.6 Å². The summed E-state index contributed by atoms with van der Waals surface area (Å²) in [6.07, 6.45) is 1.89. The highest BCUT2D eigenvalue weighted by Crippen LogP contribution is 2.44. The van der Waals surface area contributed by atoms with Crippen molar-refractivity contribution in [3.63, 3.8) is 0 Å². The van der Waals surface area contributed by atoms with Crippen molar-refractivity contribution in [1.29, 1.82) is 0 Å². The van der Waals surface area contributed by atoms with Crippen molar-refractivity contribution < 1.29 is 9.84 Å². The number of thiocarbonyl (C=S) groups is 1. The molecule has 4 aromatic rings. The van der Waals surface area contributed by atoms with E-state index in [1.165, 1.54) is 0 Å². The highest BCUT2D eigenvalue weighted by molar-refractivity contribution is 7.80. The zero-order chi connectivity index (χ0) is 26.3. The molecular formula is C29H29ClN4O2S. The summed E-state index contributed by atoms with van der Waals surface area (Å²) in [4.78, 5) is 6.79. The minimum Gasteiger partial charge on any atom is -0.506 e. The normalized spacial score (nSPS) is 17.4. The topological polar surface area (TPSA) is 62.5 Å². The molecule has 0 unspecified atom stereocenters. The molecule has 2 N–H and O–H groups in total. The second-order valence-corrected chi connectivity index (χ2v) is 10.3. The Kier molecular flexibility index (Phi) is 6.84. The summed E-state index contributed by atoms with van der Waals surface area (Å²) in [6.45, 7) is 8.09. The first kappa shape index (κ1) is 25.1. The Morgan fingerprint density at radius 1 is 1.05 bits per heavy atom. The summed E-state index contributed by atoms with van der Waals surface area (Å²) in [7, 11) is 0. The molecule has 0 bridgehead atoms. The molecule has 0 amide bonds. The second kappa shape index (κ2) is 10.1.